The lowest BCUT2D eigenvalue weighted by Crippen LogP contribution is -1.90. The highest BCUT2D eigenvalue weighted by atomic mass is 32.1. The standard InChI is InChI=1S/C15H15N3S2/c1-9-15(17-10(2)20-9)13-8-19-14(18-13)7-11-3-5-12(16)6-4-11/h3-6,8H,7,16H2,1-2H3. The second kappa shape index (κ2) is 5.34. The van der Waals surface area contributed by atoms with E-state index in [-0.39, 0.29) is 0 Å². The molecule has 2 N–H and O–H groups in total. The first-order valence-electron chi connectivity index (χ1n) is 6.35. The van der Waals surface area contributed by atoms with Crippen LogP contribution in [0.15, 0.2) is 29.6 Å². The van der Waals surface area contributed by atoms with Crippen molar-refractivity contribution in [3.63, 3.8) is 0 Å². The van der Waals surface area contributed by atoms with E-state index in [1.54, 1.807) is 22.7 Å². The van der Waals surface area contributed by atoms with Gasteiger partial charge in [0.1, 0.15) is 11.4 Å². The van der Waals surface area contributed by atoms with Gasteiger partial charge in [-0.3, -0.25) is 0 Å². The van der Waals surface area contributed by atoms with Crippen LogP contribution in [-0.2, 0) is 6.42 Å². The molecule has 3 nitrogen and oxygen atoms in total. The Hall–Kier alpha value is -1.72. The van der Waals surface area contributed by atoms with E-state index in [0.717, 1.165) is 33.5 Å². The maximum absolute atomic E-state index is 5.70. The lowest BCUT2D eigenvalue weighted by Gasteiger charge is -1.98. The third kappa shape index (κ3) is 2.73. The number of thiazole rings is 2. The summed E-state index contributed by atoms with van der Waals surface area (Å²) >= 11 is 3.40. The highest BCUT2D eigenvalue weighted by Crippen LogP contribution is 2.28. The SMILES string of the molecule is Cc1nc(-c2csc(Cc3ccc(N)cc3)n2)c(C)s1. The molecule has 2 aromatic heterocycles. The van der Waals surface area contributed by atoms with Gasteiger partial charge in [-0.25, -0.2) is 9.97 Å². The number of aryl methyl sites for hydroxylation is 2. The van der Waals surface area contributed by atoms with Crippen LogP contribution >= 0.6 is 22.7 Å². The molecule has 0 unspecified atom stereocenters. The monoisotopic (exact) mass is 301 g/mol. The van der Waals surface area contributed by atoms with Crippen LogP contribution in [0.4, 0.5) is 5.69 Å². The fourth-order valence-electron chi connectivity index (χ4n) is 2.08. The van der Waals surface area contributed by atoms with Crippen molar-refractivity contribution in [2.75, 3.05) is 5.73 Å². The van der Waals surface area contributed by atoms with E-state index in [0.29, 0.717) is 0 Å². The van der Waals surface area contributed by atoms with E-state index in [1.165, 1.54) is 10.4 Å². The number of benzene rings is 1. The van der Waals surface area contributed by atoms with Crippen LogP contribution in [0.1, 0.15) is 20.5 Å². The van der Waals surface area contributed by atoms with Crippen molar-refractivity contribution in [3.8, 4) is 11.4 Å². The molecule has 102 valence electrons. The molecule has 0 bridgehead atoms. The highest BCUT2D eigenvalue weighted by Gasteiger charge is 2.11. The van der Waals surface area contributed by atoms with Gasteiger partial charge in [-0.2, -0.15) is 0 Å². The third-order valence-electron chi connectivity index (χ3n) is 3.03. The highest BCUT2D eigenvalue weighted by molar-refractivity contribution is 7.12. The van der Waals surface area contributed by atoms with E-state index in [1.807, 2.05) is 19.1 Å². The van der Waals surface area contributed by atoms with Crippen LogP contribution in [-0.4, -0.2) is 9.97 Å². The minimum atomic E-state index is 0.794. The van der Waals surface area contributed by atoms with Gasteiger partial charge in [0.25, 0.3) is 0 Å². The quantitative estimate of drug-likeness (QED) is 0.742. The number of aromatic nitrogens is 2. The third-order valence-corrected chi connectivity index (χ3v) is 4.77. The van der Waals surface area contributed by atoms with E-state index in [4.69, 9.17) is 10.7 Å². The molecule has 20 heavy (non-hydrogen) atoms. The smallest absolute Gasteiger partial charge is 0.104 e. The number of rotatable bonds is 3. The summed E-state index contributed by atoms with van der Waals surface area (Å²) in [4.78, 5) is 10.5. The summed E-state index contributed by atoms with van der Waals surface area (Å²) in [7, 11) is 0. The largest absolute Gasteiger partial charge is 0.399 e. The molecule has 3 aromatic rings. The van der Waals surface area contributed by atoms with Gasteiger partial charge in [0.2, 0.25) is 0 Å². The molecule has 0 aliphatic heterocycles. The Morgan fingerprint density at radius 2 is 1.85 bits per heavy atom. The van der Waals surface area contributed by atoms with Gasteiger partial charge in [-0.05, 0) is 31.5 Å². The Kier molecular flexibility index (Phi) is 3.54. The van der Waals surface area contributed by atoms with Crippen molar-refractivity contribution in [3.05, 3.63) is 50.1 Å². The van der Waals surface area contributed by atoms with Crippen LogP contribution in [0, 0.1) is 13.8 Å². The molecule has 0 fully saturated rings. The minimum absolute atomic E-state index is 0.794. The van der Waals surface area contributed by atoms with Crippen LogP contribution in [0.25, 0.3) is 11.4 Å². The number of anilines is 1. The van der Waals surface area contributed by atoms with Gasteiger partial charge in [-0.15, -0.1) is 22.7 Å². The molecule has 0 amide bonds. The topological polar surface area (TPSA) is 51.8 Å². The summed E-state index contributed by atoms with van der Waals surface area (Å²) in [6.45, 7) is 4.13. The number of hydrogen-bond acceptors (Lipinski definition) is 5. The van der Waals surface area contributed by atoms with E-state index in [2.05, 4.69) is 29.4 Å². The maximum Gasteiger partial charge on any atom is 0.104 e. The van der Waals surface area contributed by atoms with Crippen molar-refractivity contribution >= 4 is 28.4 Å². The van der Waals surface area contributed by atoms with E-state index in [9.17, 15) is 0 Å². The van der Waals surface area contributed by atoms with Crippen molar-refractivity contribution in [2.24, 2.45) is 0 Å². The summed E-state index contributed by atoms with van der Waals surface area (Å²) in [6, 6.07) is 7.96. The summed E-state index contributed by atoms with van der Waals surface area (Å²) in [5.74, 6) is 0. The lowest BCUT2D eigenvalue weighted by atomic mass is 10.1. The number of hydrogen-bond donors (Lipinski definition) is 1. The molecular formula is C15H15N3S2. The number of nitrogens with zero attached hydrogens (tertiary/aromatic N) is 2. The molecule has 1 aromatic carbocycles. The Labute approximate surface area is 126 Å². The normalized spacial score (nSPS) is 10.9. The summed E-state index contributed by atoms with van der Waals surface area (Å²) in [6.07, 6.45) is 0.840. The summed E-state index contributed by atoms with van der Waals surface area (Å²) in [5, 5.41) is 4.29. The second-order valence-electron chi connectivity index (χ2n) is 4.68. The van der Waals surface area contributed by atoms with Crippen LogP contribution in [0.5, 0.6) is 0 Å². The van der Waals surface area contributed by atoms with E-state index >= 15 is 0 Å². The van der Waals surface area contributed by atoms with Crippen molar-refractivity contribution in [2.45, 2.75) is 20.3 Å². The Morgan fingerprint density at radius 1 is 1.10 bits per heavy atom. The fraction of sp³-hybridized carbons (Fsp3) is 0.200. The molecule has 5 heteroatoms. The summed E-state index contributed by atoms with van der Waals surface area (Å²) in [5.41, 5.74) is 9.73. The molecule has 3 rings (SSSR count). The number of nitrogens with two attached hydrogens (primary N) is 1. The molecule has 0 aliphatic carbocycles. The van der Waals surface area contributed by atoms with Gasteiger partial charge in [0.15, 0.2) is 0 Å². The zero-order valence-electron chi connectivity index (χ0n) is 11.4. The molecular weight excluding hydrogens is 286 g/mol. The predicted octanol–water partition coefficient (Wildman–Crippen LogP) is 4.06. The van der Waals surface area contributed by atoms with Gasteiger partial charge >= 0.3 is 0 Å². The lowest BCUT2D eigenvalue weighted by molar-refractivity contribution is 1.13. The van der Waals surface area contributed by atoms with Gasteiger partial charge in [-0.1, -0.05) is 12.1 Å². The van der Waals surface area contributed by atoms with Gasteiger partial charge < -0.3 is 5.73 Å². The van der Waals surface area contributed by atoms with Gasteiger partial charge in [0, 0.05) is 22.4 Å². The van der Waals surface area contributed by atoms with E-state index < -0.39 is 0 Å². The second-order valence-corrected chi connectivity index (χ2v) is 7.03. The fourth-order valence-corrected chi connectivity index (χ4v) is 3.72. The molecule has 2 heterocycles. The van der Waals surface area contributed by atoms with Crippen molar-refractivity contribution in [1.29, 1.82) is 0 Å². The van der Waals surface area contributed by atoms with Crippen molar-refractivity contribution in [1.82, 2.24) is 9.97 Å². The van der Waals surface area contributed by atoms with Crippen LogP contribution in [0.2, 0.25) is 0 Å². The molecule has 0 atom stereocenters. The Morgan fingerprint density at radius 3 is 2.50 bits per heavy atom. The average molecular weight is 301 g/mol. The Bertz CT molecular complexity index is 726. The summed E-state index contributed by atoms with van der Waals surface area (Å²) < 4.78 is 0. The van der Waals surface area contributed by atoms with Crippen molar-refractivity contribution < 1.29 is 0 Å². The Balaban J connectivity index is 1.83. The predicted molar refractivity (Wildman–Crippen MR) is 86.4 cm³/mol. The zero-order chi connectivity index (χ0) is 14.1. The molecule has 0 spiro atoms. The van der Waals surface area contributed by atoms with Crippen LogP contribution in [0.3, 0.4) is 0 Å². The minimum Gasteiger partial charge on any atom is -0.399 e. The maximum atomic E-state index is 5.70. The molecule has 0 saturated heterocycles. The number of nitrogen functional groups attached to an aromatic ring is 1. The first kappa shape index (κ1) is 13.3. The zero-order valence-corrected chi connectivity index (χ0v) is 13.0. The first-order valence-corrected chi connectivity index (χ1v) is 8.04. The average Bonchev–Trinajstić information content (AvgIpc) is 2.99. The molecule has 0 saturated carbocycles. The molecule has 0 radical (unpaired) electrons. The first-order chi connectivity index (χ1) is 9.61. The van der Waals surface area contributed by atoms with Crippen LogP contribution < -0.4 is 5.73 Å². The van der Waals surface area contributed by atoms with Gasteiger partial charge in [0.05, 0.1) is 10.0 Å². The molecule has 0 aliphatic rings.